The van der Waals surface area contributed by atoms with E-state index in [2.05, 4.69) is 0 Å². The van der Waals surface area contributed by atoms with Gasteiger partial charge in [-0.1, -0.05) is 30.3 Å². The Hall–Kier alpha value is -2.33. The summed E-state index contributed by atoms with van der Waals surface area (Å²) in [5, 5.41) is 0. The van der Waals surface area contributed by atoms with Crippen molar-refractivity contribution in [2.24, 2.45) is 0 Å². The molecule has 0 aliphatic carbocycles. The second-order valence-corrected chi connectivity index (χ2v) is 6.60. The van der Waals surface area contributed by atoms with E-state index in [1.54, 1.807) is 7.11 Å². The van der Waals surface area contributed by atoms with E-state index >= 15 is 0 Å². The Kier molecular flexibility index (Phi) is 4.58. The van der Waals surface area contributed by atoms with Gasteiger partial charge in [0.2, 0.25) is 0 Å². The molecule has 4 heteroatoms. The number of morpholine rings is 1. The van der Waals surface area contributed by atoms with Crippen LogP contribution in [0.15, 0.2) is 48.5 Å². The lowest BCUT2D eigenvalue weighted by Crippen LogP contribution is -2.55. The van der Waals surface area contributed by atoms with E-state index in [1.165, 1.54) is 0 Å². The van der Waals surface area contributed by atoms with Crippen LogP contribution in [0.1, 0.15) is 24.2 Å². The fourth-order valence-corrected chi connectivity index (χ4v) is 3.07. The monoisotopic (exact) mass is 325 g/mol. The fourth-order valence-electron chi connectivity index (χ4n) is 3.07. The van der Waals surface area contributed by atoms with Crippen LogP contribution in [0.2, 0.25) is 0 Å². The molecule has 1 aliphatic rings. The Morgan fingerprint density at radius 1 is 1.17 bits per heavy atom. The predicted molar refractivity (Wildman–Crippen MR) is 94.4 cm³/mol. The van der Waals surface area contributed by atoms with Crippen molar-refractivity contribution in [3.63, 3.8) is 0 Å². The maximum absolute atomic E-state index is 13.0. The van der Waals surface area contributed by atoms with Gasteiger partial charge < -0.3 is 14.4 Å². The molecule has 3 rings (SSSR count). The summed E-state index contributed by atoms with van der Waals surface area (Å²) >= 11 is 0. The van der Waals surface area contributed by atoms with Crippen LogP contribution >= 0.6 is 0 Å². The van der Waals surface area contributed by atoms with Crippen LogP contribution in [0.3, 0.4) is 0 Å². The molecule has 2 aromatic rings. The minimum atomic E-state index is -0.303. The molecule has 0 saturated carbocycles. The Bertz CT molecular complexity index is 725. The van der Waals surface area contributed by atoms with Gasteiger partial charge in [0.25, 0.3) is 5.91 Å². The second-order valence-electron chi connectivity index (χ2n) is 6.60. The van der Waals surface area contributed by atoms with Gasteiger partial charge in [-0.3, -0.25) is 4.79 Å². The molecule has 1 fully saturated rings. The molecule has 1 aliphatic heterocycles. The molecule has 0 aromatic heterocycles. The van der Waals surface area contributed by atoms with Crippen molar-refractivity contribution in [2.75, 3.05) is 26.9 Å². The molecule has 1 heterocycles. The Balaban J connectivity index is 1.98. The lowest BCUT2D eigenvalue weighted by atomic mass is 9.98. The fraction of sp³-hybridized carbons (Fsp3) is 0.350. The van der Waals surface area contributed by atoms with E-state index in [1.807, 2.05) is 67.3 Å². The first-order valence-corrected chi connectivity index (χ1v) is 8.16. The zero-order valence-electron chi connectivity index (χ0n) is 14.4. The van der Waals surface area contributed by atoms with Gasteiger partial charge >= 0.3 is 0 Å². The van der Waals surface area contributed by atoms with Crippen molar-refractivity contribution < 1.29 is 14.3 Å². The Labute approximate surface area is 143 Å². The largest absolute Gasteiger partial charge is 0.496 e. The highest BCUT2D eigenvalue weighted by molar-refractivity contribution is 5.96. The highest BCUT2D eigenvalue weighted by Gasteiger charge is 2.34. The third kappa shape index (κ3) is 3.15. The normalized spacial score (nSPS) is 16.7. The van der Waals surface area contributed by atoms with Crippen molar-refractivity contribution in [3.8, 4) is 16.9 Å². The van der Waals surface area contributed by atoms with E-state index in [4.69, 9.17) is 9.47 Å². The van der Waals surface area contributed by atoms with E-state index < -0.39 is 0 Å². The number of methoxy groups -OCH3 is 1. The van der Waals surface area contributed by atoms with E-state index in [0.29, 0.717) is 25.3 Å². The van der Waals surface area contributed by atoms with Gasteiger partial charge in [-0.25, -0.2) is 0 Å². The van der Waals surface area contributed by atoms with E-state index in [9.17, 15) is 4.79 Å². The predicted octanol–water partition coefficient (Wildman–Crippen LogP) is 3.61. The molecule has 0 atom stereocenters. The summed E-state index contributed by atoms with van der Waals surface area (Å²) in [5.41, 5.74) is 2.33. The van der Waals surface area contributed by atoms with Crippen molar-refractivity contribution in [1.29, 1.82) is 0 Å². The van der Waals surface area contributed by atoms with Crippen LogP contribution in [-0.2, 0) is 4.74 Å². The van der Waals surface area contributed by atoms with Gasteiger partial charge in [-0.05, 0) is 37.6 Å². The molecule has 1 saturated heterocycles. The molecule has 4 nitrogen and oxygen atoms in total. The van der Waals surface area contributed by atoms with Gasteiger partial charge in [-0.2, -0.15) is 0 Å². The van der Waals surface area contributed by atoms with Crippen LogP contribution in [0.4, 0.5) is 0 Å². The molecular weight excluding hydrogens is 302 g/mol. The van der Waals surface area contributed by atoms with Crippen LogP contribution in [0.25, 0.3) is 11.1 Å². The molecule has 24 heavy (non-hydrogen) atoms. The number of hydrogen-bond donors (Lipinski definition) is 0. The van der Waals surface area contributed by atoms with Gasteiger partial charge in [0.1, 0.15) is 5.75 Å². The van der Waals surface area contributed by atoms with Crippen molar-refractivity contribution in [2.45, 2.75) is 19.4 Å². The third-order valence-corrected chi connectivity index (χ3v) is 4.42. The summed E-state index contributed by atoms with van der Waals surface area (Å²) in [6.45, 7) is 5.81. The van der Waals surface area contributed by atoms with Gasteiger partial charge in [0, 0.05) is 17.7 Å². The summed E-state index contributed by atoms with van der Waals surface area (Å²) in [6.07, 6.45) is 0. The zero-order valence-corrected chi connectivity index (χ0v) is 14.4. The number of carbonyl (C=O) groups is 1. The average molecular weight is 325 g/mol. The summed E-state index contributed by atoms with van der Waals surface area (Å²) < 4.78 is 11.0. The number of amides is 1. The quantitative estimate of drug-likeness (QED) is 0.865. The highest BCUT2D eigenvalue weighted by Crippen LogP contribution is 2.32. The number of benzene rings is 2. The maximum Gasteiger partial charge on any atom is 0.254 e. The maximum atomic E-state index is 13.0. The smallest absolute Gasteiger partial charge is 0.254 e. The molecule has 0 spiro atoms. The Morgan fingerprint density at radius 2 is 1.92 bits per heavy atom. The first-order valence-electron chi connectivity index (χ1n) is 8.16. The summed E-state index contributed by atoms with van der Waals surface area (Å²) in [5.74, 6) is 0.794. The molecule has 1 amide bonds. The zero-order chi connectivity index (χ0) is 17.2. The number of hydrogen-bond acceptors (Lipinski definition) is 3. The van der Waals surface area contributed by atoms with Gasteiger partial charge in [0.05, 0.1) is 25.9 Å². The highest BCUT2D eigenvalue weighted by atomic mass is 16.5. The minimum Gasteiger partial charge on any atom is -0.496 e. The van der Waals surface area contributed by atoms with Crippen LogP contribution in [0.5, 0.6) is 5.75 Å². The molecule has 0 radical (unpaired) electrons. The Morgan fingerprint density at radius 3 is 2.58 bits per heavy atom. The van der Waals surface area contributed by atoms with Gasteiger partial charge in [-0.15, -0.1) is 0 Å². The number of rotatable bonds is 3. The molecule has 0 N–H and O–H groups in total. The van der Waals surface area contributed by atoms with Crippen LogP contribution < -0.4 is 4.74 Å². The summed E-state index contributed by atoms with van der Waals surface area (Å²) in [7, 11) is 1.65. The van der Waals surface area contributed by atoms with Crippen LogP contribution in [0, 0.1) is 0 Å². The molecule has 0 unspecified atom stereocenters. The number of ether oxygens (including phenoxy) is 2. The molecular formula is C20H23NO3. The summed E-state index contributed by atoms with van der Waals surface area (Å²) in [4.78, 5) is 14.9. The lowest BCUT2D eigenvalue weighted by molar-refractivity contribution is -0.0370. The SMILES string of the molecule is COc1ccc(C(=O)N2CCOCC2(C)C)cc1-c1ccccc1. The minimum absolute atomic E-state index is 0.0307. The molecule has 2 aromatic carbocycles. The molecule has 0 bridgehead atoms. The topological polar surface area (TPSA) is 38.8 Å². The first-order chi connectivity index (χ1) is 11.5. The van der Waals surface area contributed by atoms with Crippen molar-refractivity contribution >= 4 is 5.91 Å². The van der Waals surface area contributed by atoms with Crippen molar-refractivity contribution in [3.05, 3.63) is 54.1 Å². The second kappa shape index (κ2) is 6.65. The van der Waals surface area contributed by atoms with Crippen LogP contribution in [-0.4, -0.2) is 43.2 Å². The average Bonchev–Trinajstić information content (AvgIpc) is 2.61. The molecule has 126 valence electrons. The number of nitrogens with zero attached hydrogens (tertiary/aromatic N) is 1. The van der Waals surface area contributed by atoms with E-state index in [-0.39, 0.29) is 11.4 Å². The van der Waals surface area contributed by atoms with Crippen molar-refractivity contribution in [1.82, 2.24) is 4.90 Å². The van der Waals surface area contributed by atoms with E-state index in [0.717, 1.165) is 16.9 Å². The number of carbonyl (C=O) groups excluding carboxylic acids is 1. The third-order valence-electron chi connectivity index (χ3n) is 4.42. The standard InChI is InChI=1S/C20H23NO3/c1-20(2)14-24-12-11-21(20)19(22)16-9-10-18(23-3)17(13-16)15-7-5-4-6-8-15/h4-10,13H,11-12,14H2,1-3H3. The lowest BCUT2D eigenvalue weighted by Gasteiger charge is -2.42. The summed E-state index contributed by atoms with van der Waals surface area (Å²) in [6, 6.07) is 15.6. The van der Waals surface area contributed by atoms with Gasteiger partial charge in [0.15, 0.2) is 0 Å². The first kappa shape index (κ1) is 16.5.